The van der Waals surface area contributed by atoms with E-state index < -0.39 is 11.7 Å². The number of rotatable bonds is 3. The number of halogens is 3. The fraction of sp³-hybridized carbons (Fsp3) is 0.476. The molecule has 1 aromatic carbocycles. The number of thiazole rings is 1. The van der Waals surface area contributed by atoms with Crippen molar-refractivity contribution in [2.45, 2.75) is 31.4 Å². The van der Waals surface area contributed by atoms with Crippen LogP contribution >= 0.6 is 11.3 Å². The molecule has 2 aliphatic rings. The maximum atomic E-state index is 12.9. The van der Waals surface area contributed by atoms with Crippen LogP contribution in [0.4, 0.5) is 13.2 Å². The van der Waals surface area contributed by atoms with Gasteiger partial charge in [0.2, 0.25) is 11.8 Å². The fourth-order valence-corrected chi connectivity index (χ4v) is 5.31. The van der Waals surface area contributed by atoms with Gasteiger partial charge in [0.25, 0.3) is 0 Å². The Morgan fingerprint density at radius 3 is 2.50 bits per heavy atom. The molecule has 0 saturated carbocycles. The molecule has 5 nitrogen and oxygen atoms in total. The van der Waals surface area contributed by atoms with Crippen molar-refractivity contribution in [3.8, 4) is 0 Å². The van der Waals surface area contributed by atoms with Crippen LogP contribution in [0.5, 0.6) is 0 Å². The summed E-state index contributed by atoms with van der Waals surface area (Å²) in [6, 6.07) is 3.67. The summed E-state index contributed by atoms with van der Waals surface area (Å²) in [5, 5.41) is 0.833. The van der Waals surface area contributed by atoms with Crippen molar-refractivity contribution in [1.82, 2.24) is 14.8 Å². The van der Waals surface area contributed by atoms with Crippen molar-refractivity contribution in [3.05, 3.63) is 41.4 Å². The molecule has 1 atom stereocenters. The summed E-state index contributed by atoms with van der Waals surface area (Å²) in [6.07, 6.45) is -0.971. The van der Waals surface area contributed by atoms with Crippen LogP contribution in [0.25, 0.3) is 10.2 Å². The predicted molar refractivity (Wildman–Crippen MR) is 108 cm³/mol. The third kappa shape index (κ3) is 4.08. The standard InChI is InChI=1S/C21H22F3N3O2S/c1-2-18(28)27-10-7-14(12-27)20(29)26-8-5-13(6-9-26)19-25-16-11-15(21(22,23)24)3-4-17(16)30-19/h2-4,11,13-14H,1,5-10,12H2. The molecule has 2 amide bonds. The maximum Gasteiger partial charge on any atom is 0.416 e. The van der Waals surface area contributed by atoms with Crippen molar-refractivity contribution in [3.63, 3.8) is 0 Å². The van der Waals surface area contributed by atoms with Gasteiger partial charge < -0.3 is 9.80 Å². The Bertz CT molecular complexity index is 980. The highest BCUT2D eigenvalue weighted by Gasteiger charge is 2.35. The molecule has 160 valence electrons. The first-order chi connectivity index (χ1) is 14.3. The van der Waals surface area contributed by atoms with E-state index in [4.69, 9.17) is 0 Å². The number of hydrogen-bond acceptors (Lipinski definition) is 4. The smallest absolute Gasteiger partial charge is 0.342 e. The van der Waals surface area contributed by atoms with Crippen LogP contribution in [-0.4, -0.2) is 52.8 Å². The lowest BCUT2D eigenvalue weighted by Gasteiger charge is -2.32. The number of alkyl halides is 3. The SMILES string of the molecule is C=CC(=O)N1CCC(C(=O)N2CCC(c3nc4cc(C(F)(F)F)ccc4s3)CC2)C1. The third-order valence-electron chi connectivity index (χ3n) is 5.91. The van der Waals surface area contributed by atoms with Gasteiger partial charge in [-0.3, -0.25) is 9.59 Å². The molecule has 0 spiro atoms. The fourth-order valence-electron chi connectivity index (χ4n) is 4.19. The Hall–Kier alpha value is -2.42. The number of carbonyl (C=O) groups excluding carboxylic acids is 2. The highest BCUT2D eigenvalue weighted by molar-refractivity contribution is 7.18. The molecule has 1 unspecified atom stereocenters. The average molecular weight is 437 g/mol. The van der Waals surface area contributed by atoms with Gasteiger partial charge in [0.1, 0.15) is 0 Å². The number of hydrogen-bond donors (Lipinski definition) is 0. The zero-order chi connectivity index (χ0) is 21.5. The van der Waals surface area contributed by atoms with Gasteiger partial charge in [0, 0.05) is 32.1 Å². The Kier molecular flexibility index (Phi) is 5.57. The molecule has 2 aliphatic heterocycles. The number of carbonyl (C=O) groups is 2. The second-order valence-corrected chi connectivity index (χ2v) is 8.87. The molecule has 30 heavy (non-hydrogen) atoms. The summed E-state index contributed by atoms with van der Waals surface area (Å²) in [5.41, 5.74) is -0.311. The second-order valence-electron chi connectivity index (χ2n) is 7.81. The van der Waals surface area contributed by atoms with E-state index in [1.807, 2.05) is 4.90 Å². The first-order valence-electron chi connectivity index (χ1n) is 9.94. The number of benzene rings is 1. The number of piperidine rings is 1. The highest BCUT2D eigenvalue weighted by Crippen LogP contribution is 2.37. The van der Waals surface area contributed by atoms with E-state index in [-0.39, 0.29) is 23.7 Å². The number of likely N-dealkylation sites (tertiary alicyclic amines) is 2. The quantitative estimate of drug-likeness (QED) is 0.681. The van der Waals surface area contributed by atoms with E-state index in [1.165, 1.54) is 23.5 Å². The first-order valence-corrected chi connectivity index (χ1v) is 10.8. The molecular weight excluding hydrogens is 415 g/mol. The monoisotopic (exact) mass is 437 g/mol. The minimum atomic E-state index is -4.38. The Balaban J connectivity index is 1.38. The topological polar surface area (TPSA) is 53.5 Å². The molecule has 0 bridgehead atoms. The number of aromatic nitrogens is 1. The molecule has 0 N–H and O–H groups in total. The van der Waals surface area contributed by atoms with Gasteiger partial charge in [-0.05, 0) is 43.5 Å². The van der Waals surface area contributed by atoms with Crippen LogP contribution < -0.4 is 0 Å². The molecule has 1 aromatic heterocycles. The molecule has 0 aliphatic carbocycles. The van der Waals surface area contributed by atoms with Crippen molar-refractivity contribution >= 4 is 33.4 Å². The van der Waals surface area contributed by atoms with E-state index in [0.717, 1.165) is 34.7 Å². The summed E-state index contributed by atoms with van der Waals surface area (Å²) in [7, 11) is 0. The second kappa shape index (κ2) is 8.02. The highest BCUT2D eigenvalue weighted by atomic mass is 32.1. The van der Waals surface area contributed by atoms with Crippen LogP contribution in [0.2, 0.25) is 0 Å². The lowest BCUT2D eigenvalue weighted by Crippen LogP contribution is -2.42. The van der Waals surface area contributed by atoms with E-state index >= 15 is 0 Å². The molecule has 0 radical (unpaired) electrons. The van der Waals surface area contributed by atoms with E-state index in [2.05, 4.69) is 11.6 Å². The van der Waals surface area contributed by atoms with Crippen molar-refractivity contribution < 1.29 is 22.8 Å². The number of fused-ring (bicyclic) bond motifs is 1. The zero-order valence-corrected chi connectivity index (χ0v) is 17.1. The van der Waals surface area contributed by atoms with Gasteiger partial charge in [-0.1, -0.05) is 6.58 Å². The Morgan fingerprint density at radius 2 is 1.83 bits per heavy atom. The summed E-state index contributed by atoms with van der Waals surface area (Å²) in [6.45, 7) is 5.69. The van der Waals surface area contributed by atoms with Gasteiger partial charge in [-0.2, -0.15) is 13.2 Å². The van der Waals surface area contributed by atoms with Crippen LogP contribution in [0.3, 0.4) is 0 Å². The Morgan fingerprint density at radius 1 is 1.13 bits per heavy atom. The lowest BCUT2D eigenvalue weighted by molar-refractivity contribution is -0.138. The first kappa shape index (κ1) is 20.8. The van der Waals surface area contributed by atoms with Crippen LogP contribution in [0.15, 0.2) is 30.9 Å². The number of nitrogens with zero attached hydrogens (tertiary/aromatic N) is 3. The van der Waals surface area contributed by atoms with Crippen molar-refractivity contribution in [2.24, 2.45) is 5.92 Å². The van der Waals surface area contributed by atoms with Gasteiger partial charge in [-0.25, -0.2) is 4.98 Å². The normalized spacial score (nSPS) is 20.7. The van der Waals surface area contributed by atoms with E-state index in [9.17, 15) is 22.8 Å². The third-order valence-corrected chi connectivity index (χ3v) is 7.11. The zero-order valence-electron chi connectivity index (χ0n) is 16.3. The van der Waals surface area contributed by atoms with Crippen molar-refractivity contribution in [1.29, 1.82) is 0 Å². The van der Waals surface area contributed by atoms with E-state index in [0.29, 0.717) is 38.1 Å². The largest absolute Gasteiger partial charge is 0.416 e. The average Bonchev–Trinajstić information content (AvgIpc) is 3.39. The van der Waals surface area contributed by atoms with Crippen LogP contribution in [0, 0.1) is 5.92 Å². The molecule has 2 aromatic rings. The molecule has 2 saturated heterocycles. The number of amides is 2. The summed E-state index contributed by atoms with van der Waals surface area (Å²) in [5.74, 6) is -0.0997. The minimum absolute atomic E-state index is 0.0759. The molecular formula is C21H22F3N3O2S. The lowest BCUT2D eigenvalue weighted by atomic mass is 9.96. The summed E-state index contributed by atoms with van der Waals surface area (Å²) in [4.78, 5) is 32.5. The van der Waals surface area contributed by atoms with Gasteiger partial charge >= 0.3 is 6.18 Å². The van der Waals surface area contributed by atoms with Gasteiger partial charge in [0.15, 0.2) is 0 Å². The van der Waals surface area contributed by atoms with Gasteiger partial charge in [0.05, 0.1) is 26.7 Å². The van der Waals surface area contributed by atoms with Crippen LogP contribution in [0.1, 0.15) is 35.8 Å². The molecule has 4 rings (SSSR count). The van der Waals surface area contributed by atoms with Gasteiger partial charge in [-0.15, -0.1) is 11.3 Å². The van der Waals surface area contributed by atoms with Crippen LogP contribution in [-0.2, 0) is 15.8 Å². The Labute approximate surface area is 176 Å². The molecule has 3 heterocycles. The predicted octanol–water partition coefficient (Wildman–Crippen LogP) is 4.06. The molecule has 2 fully saturated rings. The van der Waals surface area contributed by atoms with E-state index in [1.54, 1.807) is 4.90 Å². The summed E-state index contributed by atoms with van der Waals surface area (Å²) < 4.78 is 39.5. The van der Waals surface area contributed by atoms with Crippen molar-refractivity contribution in [2.75, 3.05) is 26.2 Å². The summed E-state index contributed by atoms with van der Waals surface area (Å²) >= 11 is 1.43. The molecule has 9 heteroatoms. The minimum Gasteiger partial charge on any atom is -0.342 e. The maximum absolute atomic E-state index is 12.9.